The van der Waals surface area contributed by atoms with Gasteiger partial charge < -0.3 is 15.2 Å². The molecule has 1 aromatic rings. The van der Waals surface area contributed by atoms with Crippen LogP contribution in [0.25, 0.3) is 0 Å². The first kappa shape index (κ1) is 9.27. The summed E-state index contributed by atoms with van der Waals surface area (Å²) in [4.78, 5) is 0. The van der Waals surface area contributed by atoms with Gasteiger partial charge in [0.15, 0.2) is 11.5 Å². The highest BCUT2D eigenvalue weighted by Gasteiger charge is 2.24. The molecule has 4 heteroatoms. The SMILES string of the molecule is COc1cc(F)cc([C@H]2CCN2)c1O. The molecular weight excluding hydrogens is 185 g/mol. The Labute approximate surface area is 81.5 Å². The van der Waals surface area contributed by atoms with Crippen molar-refractivity contribution >= 4 is 0 Å². The van der Waals surface area contributed by atoms with Gasteiger partial charge in [0.2, 0.25) is 0 Å². The molecule has 1 atom stereocenters. The number of benzene rings is 1. The first-order chi connectivity index (χ1) is 6.72. The summed E-state index contributed by atoms with van der Waals surface area (Å²) >= 11 is 0. The fraction of sp³-hybridized carbons (Fsp3) is 0.400. The van der Waals surface area contributed by atoms with E-state index in [4.69, 9.17) is 4.74 Å². The van der Waals surface area contributed by atoms with E-state index in [0.717, 1.165) is 13.0 Å². The number of hydrogen-bond donors (Lipinski definition) is 2. The van der Waals surface area contributed by atoms with Gasteiger partial charge in [-0.05, 0) is 19.0 Å². The predicted octanol–water partition coefficient (Wildman–Crippen LogP) is 1.57. The number of ether oxygens (including phenoxy) is 1. The zero-order valence-electron chi connectivity index (χ0n) is 7.88. The molecule has 0 aromatic heterocycles. The Hall–Kier alpha value is -1.29. The van der Waals surface area contributed by atoms with Gasteiger partial charge in [-0.3, -0.25) is 0 Å². The van der Waals surface area contributed by atoms with Gasteiger partial charge in [-0.25, -0.2) is 4.39 Å². The highest BCUT2D eigenvalue weighted by Crippen LogP contribution is 2.37. The Morgan fingerprint density at radius 1 is 1.57 bits per heavy atom. The standard InChI is InChI=1S/C10H12FNO2/c1-14-9-5-6(11)4-7(10(9)13)8-2-3-12-8/h4-5,8,12-13H,2-3H2,1H3/t8-/m1/s1. The van der Waals surface area contributed by atoms with Crippen molar-refractivity contribution < 1.29 is 14.2 Å². The van der Waals surface area contributed by atoms with E-state index < -0.39 is 0 Å². The quantitative estimate of drug-likeness (QED) is 0.756. The van der Waals surface area contributed by atoms with Crippen molar-refractivity contribution in [1.82, 2.24) is 5.32 Å². The zero-order chi connectivity index (χ0) is 10.1. The molecule has 1 aliphatic heterocycles. The van der Waals surface area contributed by atoms with Crippen LogP contribution in [0.4, 0.5) is 4.39 Å². The molecule has 2 rings (SSSR count). The van der Waals surface area contributed by atoms with E-state index in [1.165, 1.54) is 19.2 Å². The van der Waals surface area contributed by atoms with Crippen LogP contribution in [0.15, 0.2) is 12.1 Å². The molecule has 2 N–H and O–H groups in total. The molecule has 0 amide bonds. The Morgan fingerprint density at radius 2 is 2.29 bits per heavy atom. The van der Waals surface area contributed by atoms with Crippen LogP contribution in [0.2, 0.25) is 0 Å². The van der Waals surface area contributed by atoms with E-state index in [1.54, 1.807) is 0 Å². The average molecular weight is 197 g/mol. The van der Waals surface area contributed by atoms with Crippen LogP contribution in [0.1, 0.15) is 18.0 Å². The predicted molar refractivity (Wildman–Crippen MR) is 50.0 cm³/mol. The van der Waals surface area contributed by atoms with E-state index in [9.17, 15) is 9.50 Å². The van der Waals surface area contributed by atoms with Crippen molar-refractivity contribution in [3.63, 3.8) is 0 Å². The minimum atomic E-state index is -0.386. The molecule has 3 nitrogen and oxygen atoms in total. The summed E-state index contributed by atoms with van der Waals surface area (Å²) in [7, 11) is 1.41. The minimum absolute atomic E-state index is 0.0334. The average Bonchev–Trinajstić information content (AvgIpc) is 2.07. The van der Waals surface area contributed by atoms with E-state index >= 15 is 0 Å². The lowest BCUT2D eigenvalue weighted by molar-refractivity contribution is 0.338. The molecule has 0 bridgehead atoms. The van der Waals surface area contributed by atoms with E-state index in [-0.39, 0.29) is 23.4 Å². The molecule has 1 aliphatic rings. The fourth-order valence-electron chi connectivity index (χ4n) is 1.57. The summed E-state index contributed by atoms with van der Waals surface area (Å²) in [6.07, 6.45) is 0.917. The van der Waals surface area contributed by atoms with Gasteiger partial charge in [-0.2, -0.15) is 0 Å². The molecule has 0 unspecified atom stereocenters. The third-order valence-corrected chi connectivity index (χ3v) is 2.49. The van der Waals surface area contributed by atoms with E-state index in [0.29, 0.717) is 5.56 Å². The number of hydrogen-bond acceptors (Lipinski definition) is 3. The Morgan fingerprint density at radius 3 is 2.79 bits per heavy atom. The maximum absolute atomic E-state index is 13.1. The van der Waals surface area contributed by atoms with Gasteiger partial charge in [0, 0.05) is 17.7 Å². The summed E-state index contributed by atoms with van der Waals surface area (Å²) in [6.45, 7) is 0.906. The second kappa shape index (κ2) is 3.46. The number of phenols is 1. The van der Waals surface area contributed by atoms with Gasteiger partial charge in [0.05, 0.1) is 7.11 Å². The molecular formula is C10H12FNO2. The van der Waals surface area contributed by atoms with Gasteiger partial charge >= 0.3 is 0 Å². The van der Waals surface area contributed by atoms with Crippen LogP contribution in [0.3, 0.4) is 0 Å². The van der Waals surface area contributed by atoms with Gasteiger partial charge in [-0.15, -0.1) is 0 Å². The lowest BCUT2D eigenvalue weighted by Gasteiger charge is -2.28. The lowest BCUT2D eigenvalue weighted by Crippen LogP contribution is -2.35. The highest BCUT2D eigenvalue weighted by molar-refractivity contribution is 5.47. The number of nitrogens with one attached hydrogen (secondary N) is 1. The van der Waals surface area contributed by atoms with Crippen molar-refractivity contribution in [2.24, 2.45) is 0 Å². The molecule has 0 aliphatic carbocycles. The Kier molecular flexibility index (Phi) is 2.29. The Bertz CT molecular complexity index is 350. The van der Waals surface area contributed by atoms with Gasteiger partial charge in [-0.1, -0.05) is 0 Å². The van der Waals surface area contributed by atoms with E-state index in [1.807, 2.05) is 0 Å². The molecule has 0 saturated carbocycles. The second-order valence-corrected chi connectivity index (χ2v) is 3.34. The van der Waals surface area contributed by atoms with Crippen LogP contribution in [0, 0.1) is 5.82 Å². The molecule has 1 fully saturated rings. The highest BCUT2D eigenvalue weighted by atomic mass is 19.1. The number of methoxy groups -OCH3 is 1. The zero-order valence-corrected chi connectivity index (χ0v) is 7.88. The first-order valence-electron chi connectivity index (χ1n) is 4.52. The molecule has 1 heterocycles. The number of phenolic OH excluding ortho intramolecular Hbond substituents is 1. The summed E-state index contributed by atoms with van der Waals surface area (Å²) < 4.78 is 18.0. The molecule has 0 radical (unpaired) electrons. The van der Waals surface area contributed by atoms with Crippen molar-refractivity contribution in [2.75, 3.05) is 13.7 Å². The van der Waals surface area contributed by atoms with Crippen molar-refractivity contribution in [3.05, 3.63) is 23.5 Å². The largest absolute Gasteiger partial charge is 0.504 e. The monoisotopic (exact) mass is 197 g/mol. The normalized spacial score (nSPS) is 20.3. The van der Waals surface area contributed by atoms with Crippen LogP contribution >= 0.6 is 0 Å². The van der Waals surface area contributed by atoms with Crippen molar-refractivity contribution in [2.45, 2.75) is 12.5 Å². The summed E-state index contributed by atoms with van der Waals surface area (Å²) in [6, 6.07) is 2.58. The number of aromatic hydroxyl groups is 1. The van der Waals surface area contributed by atoms with Crippen LogP contribution in [0.5, 0.6) is 11.5 Å². The second-order valence-electron chi connectivity index (χ2n) is 3.34. The summed E-state index contributed by atoms with van der Waals surface area (Å²) in [5, 5.41) is 12.8. The first-order valence-corrected chi connectivity index (χ1v) is 4.52. The Balaban J connectivity index is 2.41. The third-order valence-electron chi connectivity index (χ3n) is 2.49. The van der Waals surface area contributed by atoms with Crippen molar-refractivity contribution in [1.29, 1.82) is 0 Å². The lowest BCUT2D eigenvalue weighted by atomic mass is 9.96. The van der Waals surface area contributed by atoms with Gasteiger partial charge in [0.25, 0.3) is 0 Å². The fourth-order valence-corrected chi connectivity index (χ4v) is 1.57. The number of halogens is 1. The van der Waals surface area contributed by atoms with Gasteiger partial charge in [0.1, 0.15) is 5.82 Å². The smallest absolute Gasteiger partial charge is 0.163 e. The third kappa shape index (κ3) is 1.42. The topological polar surface area (TPSA) is 41.5 Å². The summed E-state index contributed by atoms with van der Waals surface area (Å²) in [5.74, 6) is -0.164. The van der Waals surface area contributed by atoms with Crippen LogP contribution in [-0.2, 0) is 0 Å². The molecule has 1 aromatic carbocycles. The van der Waals surface area contributed by atoms with E-state index in [2.05, 4.69) is 5.32 Å². The molecule has 76 valence electrons. The molecule has 0 spiro atoms. The van der Waals surface area contributed by atoms with Crippen LogP contribution < -0.4 is 10.1 Å². The maximum Gasteiger partial charge on any atom is 0.163 e. The number of rotatable bonds is 2. The van der Waals surface area contributed by atoms with Crippen LogP contribution in [-0.4, -0.2) is 18.8 Å². The maximum atomic E-state index is 13.1. The minimum Gasteiger partial charge on any atom is -0.504 e. The summed E-state index contributed by atoms with van der Waals surface area (Å²) in [5.41, 5.74) is 0.577. The molecule has 1 saturated heterocycles. The molecule has 14 heavy (non-hydrogen) atoms. The van der Waals surface area contributed by atoms with Crippen molar-refractivity contribution in [3.8, 4) is 11.5 Å².